The molecule has 0 spiro atoms. The number of carboxylic acid groups (broad SMARTS) is 1. The second-order valence-electron chi connectivity index (χ2n) is 8.87. The molecule has 1 aliphatic heterocycles. The topological polar surface area (TPSA) is 105 Å². The second kappa shape index (κ2) is 10.7. The number of fused-ring (bicyclic) bond motifs is 3. The Balaban J connectivity index is 1.38. The van der Waals surface area contributed by atoms with Gasteiger partial charge in [-0.3, -0.25) is 9.59 Å². The van der Waals surface area contributed by atoms with Crippen LogP contribution in [0.1, 0.15) is 36.3 Å². The van der Waals surface area contributed by atoms with Gasteiger partial charge in [0, 0.05) is 32.5 Å². The lowest BCUT2D eigenvalue weighted by atomic mass is 9.94. The minimum atomic E-state index is -0.899. The van der Waals surface area contributed by atoms with Crippen LogP contribution in [0.15, 0.2) is 48.5 Å². The van der Waals surface area contributed by atoms with Crippen molar-refractivity contribution >= 4 is 18.0 Å². The van der Waals surface area contributed by atoms with Crippen LogP contribution < -0.4 is 5.32 Å². The van der Waals surface area contributed by atoms with Gasteiger partial charge in [-0.05, 0) is 41.0 Å². The Bertz CT molecular complexity index is 1010. The van der Waals surface area contributed by atoms with Crippen molar-refractivity contribution in [3.05, 3.63) is 59.7 Å². The minimum absolute atomic E-state index is 0.00310. The van der Waals surface area contributed by atoms with E-state index in [0.717, 1.165) is 35.1 Å². The largest absolute Gasteiger partial charge is 0.481 e. The number of nitrogens with zero attached hydrogens (tertiary/aromatic N) is 1. The molecule has 2 aromatic carbocycles. The molecule has 2 unspecified atom stereocenters. The van der Waals surface area contributed by atoms with Crippen LogP contribution in [-0.2, 0) is 19.1 Å². The van der Waals surface area contributed by atoms with E-state index in [2.05, 4.69) is 17.4 Å². The normalized spacial score (nSPS) is 18.0. The third-order valence-electron chi connectivity index (χ3n) is 6.56. The number of piperidine rings is 1. The lowest BCUT2D eigenvalue weighted by Gasteiger charge is -2.34. The number of alkyl carbamates (subject to hydrolysis) is 1. The third-order valence-corrected chi connectivity index (χ3v) is 6.56. The summed E-state index contributed by atoms with van der Waals surface area (Å²) >= 11 is 0. The number of benzene rings is 2. The number of methoxy groups -OCH3 is 1. The maximum absolute atomic E-state index is 13.1. The summed E-state index contributed by atoms with van der Waals surface area (Å²) in [7, 11) is 1.46. The number of likely N-dealkylation sites (tertiary alicyclic amines) is 1. The quantitative estimate of drug-likeness (QED) is 0.619. The number of rotatable bonds is 8. The maximum Gasteiger partial charge on any atom is 0.407 e. The highest BCUT2D eigenvalue weighted by molar-refractivity contribution is 5.86. The smallest absolute Gasteiger partial charge is 0.407 e. The molecular weight excluding hydrogens is 436 g/mol. The molecule has 1 fully saturated rings. The number of hydrogen-bond acceptors (Lipinski definition) is 5. The fourth-order valence-electron chi connectivity index (χ4n) is 5.02. The first-order valence-electron chi connectivity index (χ1n) is 11.6. The Morgan fingerprint density at radius 1 is 1.09 bits per heavy atom. The van der Waals surface area contributed by atoms with Gasteiger partial charge in [-0.2, -0.15) is 0 Å². The third kappa shape index (κ3) is 5.22. The molecule has 4 rings (SSSR count). The Hall–Kier alpha value is -3.39. The molecule has 0 saturated carbocycles. The standard InChI is InChI=1S/C26H30N2O6/c1-33-16-23(25(31)28-12-6-7-17(14-28)13-24(29)30)27-26(32)34-15-22-20-10-4-2-8-18(20)19-9-3-5-11-21(19)22/h2-5,8-11,17,22-23H,6-7,12-16H2,1H3,(H,27,32)(H,29,30). The highest BCUT2D eigenvalue weighted by atomic mass is 16.5. The molecule has 34 heavy (non-hydrogen) atoms. The Labute approximate surface area is 198 Å². The van der Waals surface area contributed by atoms with Gasteiger partial charge in [0.05, 0.1) is 6.61 Å². The summed E-state index contributed by atoms with van der Waals surface area (Å²) in [6.45, 7) is 1.04. The summed E-state index contributed by atoms with van der Waals surface area (Å²) < 4.78 is 10.7. The zero-order valence-corrected chi connectivity index (χ0v) is 19.2. The lowest BCUT2D eigenvalue weighted by molar-refractivity contribution is -0.141. The van der Waals surface area contributed by atoms with E-state index >= 15 is 0 Å². The van der Waals surface area contributed by atoms with Crippen LogP contribution in [0.3, 0.4) is 0 Å². The molecule has 2 amide bonds. The van der Waals surface area contributed by atoms with Crippen molar-refractivity contribution in [2.75, 3.05) is 33.4 Å². The summed E-state index contributed by atoms with van der Waals surface area (Å²) in [5.41, 5.74) is 4.50. The molecule has 2 N–H and O–H groups in total. The fourth-order valence-corrected chi connectivity index (χ4v) is 5.02. The number of carboxylic acids is 1. The SMILES string of the molecule is COCC(NC(=O)OCC1c2ccccc2-c2ccccc21)C(=O)N1CCCC(CC(=O)O)C1. The van der Waals surface area contributed by atoms with E-state index in [1.165, 1.54) is 7.11 Å². The number of nitrogens with one attached hydrogen (secondary N) is 1. The summed E-state index contributed by atoms with van der Waals surface area (Å²) in [5, 5.41) is 11.7. The molecule has 180 valence electrons. The average molecular weight is 467 g/mol. The van der Waals surface area contributed by atoms with E-state index < -0.39 is 18.1 Å². The molecule has 2 atom stereocenters. The Morgan fingerprint density at radius 3 is 2.35 bits per heavy atom. The van der Waals surface area contributed by atoms with Gasteiger partial charge in [0.2, 0.25) is 5.91 Å². The first kappa shape index (κ1) is 23.8. The van der Waals surface area contributed by atoms with E-state index in [0.29, 0.717) is 13.1 Å². The van der Waals surface area contributed by atoms with Crippen LogP contribution >= 0.6 is 0 Å². The summed E-state index contributed by atoms with van der Waals surface area (Å²) in [4.78, 5) is 38.4. The number of hydrogen-bond donors (Lipinski definition) is 2. The van der Waals surface area contributed by atoms with Crippen molar-refractivity contribution in [2.24, 2.45) is 5.92 Å². The molecule has 8 heteroatoms. The van der Waals surface area contributed by atoms with E-state index in [1.807, 2.05) is 36.4 Å². The first-order chi connectivity index (χ1) is 16.5. The highest BCUT2D eigenvalue weighted by Gasteiger charge is 2.32. The van der Waals surface area contributed by atoms with Crippen molar-refractivity contribution in [1.29, 1.82) is 0 Å². The lowest BCUT2D eigenvalue weighted by Crippen LogP contribution is -2.53. The van der Waals surface area contributed by atoms with Crippen molar-refractivity contribution < 1.29 is 29.0 Å². The molecule has 1 aliphatic carbocycles. The number of carbonyl (C=O) groups is 3. The minimum Gasteiger partial charge on any atom is -0.481 e. The monoisotopic (exact) mass is 466 g/mol. The number of ether oxygens (including phenoxy) is 2. The van der Waals surface area contributed by atoms with Crippen LogP contribution in [0, 0.1) is 5.92 Å². The van der Waals surface area contributed by atoms with Gasteiger partial charge in [0.1, 0.15) is 12.6 Å². The van der Waals surface area contributed by atoms with Gasteiger partial charge >= 0.3 is 12.1 Å². The van der Waals surface area contributed by atoms with Gasteiger partial charge in [0.25, 0.3) is 0 Å². The molecular formula is C26H30N2O6. The van der Waals surface area contributed by atoms with Crippen LogP contribution in [0.5, 0.6) is 0 Å². The van der Waals surface area contributed by atoms with Gasteiger partial charge < -0.3 is 24.8 Å². The van der Waals surface area contributed by atoms with Gasteiger partial charge in [-0.1, -0.05) is 48.5 Å². The second-order valence-corrected chi connectivity index (χ2v) is 8.87. The summed E-state index contributed by atoms with van der Waals surface area (Å²) in [5.74, 6) is -1.32. The highest BCUT2D eigenvalue weighted by Crippen LogP contribution is 2.44. The maximum atomic E-state index is 13.1. The first-order valence-corrected chi connectivity index (χ1v) is 11.6. The number of aliphatic carboxylic acids is 1. The van der Waals surface area contributed by atoms with Crippen molar-refractivity contribution in [3.8, 4) is 11.1 Å². The molecule has 0 radical (unpaired) electrons. The zero-order chi connectivity index (χ0) is 24.1. The van der Waals surface area contributed by atoms with E-state index in [-0.39, 0.29) is 37.4 Å². The van der Waals surface area contributed by atoms with Crippen molar-refractivity contribution in [3.63, 3.8) is 0 Å². The number of carbonyl (C=O) groups excluding carboxylic acids is 2. The molecule has 2 aromatic rings. The molecule has 1 saturated heterocycles. The predicted molar refractivity (Wildman–Crippen MR) is 125 cm³/mol. The molecule has 0 bridgehead atoms. The van der Waals surface area contributed by atoms with Crippen molar-refractivity contribution in [1.82, 2.24) is 10.2 Å². The number of amides is 2. The van der Waals surface area contributed by atoms with Gasteiger partial charge in [-0.15, -0.1) is 0 Å². The van der Waals surface area contributed by atoms with Crippen LogP contribution in [0.2, 0.25) is 0 Å². The van der Waals surface area contributed by atoms with Crippen LogP contribution in [0.25, 0.3) is 11.1 Å². The molecule has 1 heterocycles. The Morgan fingerprint density at radius 2 is 1.74 bits per heavy atom. The Kier molecular flexibility index (Phi) is 7.47. The van der Waals surface area contributed by atoms with E-state index in [1.54, 1.807) is 4.90 Å². The van der Waals surface area contributed by atoms with Crippen molar-refractivity contribution in [2.45, 2.75) is 31.2 Å². The van der Waals surface area contributed by atoms with E-state index in [9.17, 15) is 14.4 Å². The zero-order valence-electron chi connectivity index (χ0n) is 19.2. The van der Waals surface area contributed by atoms with Gasteiger partial charge in [-0.25, -0.2) is 4.79 Å². The molecule has 2 aliphatic rings. The summed E-state index contributed by atoms with van der Waals surface area (Å²) in [6.07, 6.45) is 0.842. The van der Waals surface area contributed by atoms with Gasteiger partial charge in [0.15, 0.2) is 0 Å². The van der Waals surface area contributed by atoms with E-state index in [4.69, 9.17) is 14.6 Å². The molecule has 0 aromatic heterocycles. The fraction of sp³-hybridized carbons (Fsp3) is 0.423. The summed E-state index contributed by atoms with van der Waals surface area (Å²) in [6, 6.07) is 15.3. The average Bonchev–Trinajstić information content (AvgIpc) is 3.15. The molecule has 8 nitrogen and oxygen atoms in total. The van der Waals surface area contributed by atoms with Crippen LogP contribution in [0.4, 0.5) is 4.79 Å². The van der Waals surface area contributed by atoms with Crippen LogP contribution in [-0.4, -0.2) is 67.4 Å². The predicted octanol–water partition coefficient (Wildman–Crippen LogP) is 3.25.